The smallest absolute Gasteiger partial charge is 0.140 e. The van der Waals surface area contributed by atoms with Gasteiger partial charge in [0.1, 0.15) is 11.6 Å². The molecule has 0 bridgehead atoms. The maximum Gasteiger partial charge on any atom is 0.140 e. The summed E-state index contributed by atoms with van der Waals surface area (Å²) in [5.74, 6) is 1.43. The summed E-state index contributed by atoms with van der Waals surface area (Å²) in [5.41, 5.74) is 9.39. The summed E-state index contributed by atoms with van der Waals surface area (Å²) in [6, 6.07) is 55.0. The number of rotatable bonds is 4. The molecule has 0 spiro atoms. The third kappa shape index (κ3) is 4.44. The largest absolute Gasteiger partial charge is 0.294 e. The molecule has 0 amide bonds. The Kier molecular flexibility index (Phi) is 6.53. The molecule has 230 valence electrons. The van der Waals surface area contributed by atoms with Gasteiger partial charge in [0.05, 0.1) is 57.0 Å². The van der Waals surface area contributed by atoms with Crippen LogP contribution in [0, 0.1) is 34.0 Å². The summed E-state index contributed by atoms with van der Waals surface area (Å²) < 4.78 is 4.33. The quantitative estimate of drug-likeness (QED) is 0.192. The van der Waals surface area contributed by atoms with E-state index in [0.29, 0.717) is 22.5 Å². The number of hydrogen-bond donors (Lipinski definition) is 0. The van der Waals surface area contributed by atoms with E-state index in [-0.39, 0.29) is 0 Å². The molecule has 0 N–H and O–H groups in total. The molecule has 0 saturated carbocycles. The van der Waals surface area contributed by atoms with E-state index in [9.17, 15) is 15.8 Å². The van der Waals surface area contributed by atoms with Gasteiger partial charge in [-0.25, -0.2) is 4.98 Å². The summed E-state index contributed by atoms with van der Waals surface area (Å²) in [4.78, 5) is 5.41. The van der Waals surface area contributed by atoms with E-state index in [4.69, 9.17) is 4.98 Å². The summed E-state index contributed by atoms with van der Waals surface area (Å²) in [7, 11) is 0. The third-order valence-corrected chi connectivity index (χ3v) is 9.40. The fraction of sp³-hybridized carbons (Fsp3) is 0. The maximum absolute atomic E-state index is 9.78. The minimum absolute atomic E-state index is 0.542. The zero-order valence-corrected chi connectivity index (χ0v) is 26.5. The molecule has 0 atom stereocenters. The normalized spacial score (nSPS) is 11.1. The first kappa shape index (κ1) is 28.7. The second-order valence-corrected chi connectivity index (χ2v) is 12.2. The fourth-order valence-electron chi connectivity index (χ4n) is 7.21. The first-order valence-electron chi connectivity index (χ1n) is 16.1. The summed E-state index contributed by atoms with van der Waals surface area (Å²) in [5, 5.41) is 33.3. The van der Waals surface area contributed by atoms with Gasteiger partial charge in [0, 0.05) is 21.5 Å². The van der Waals surface area contributed by atoms with E-state index in [1.807, 2.05) is 84.9 Å². The number of pyridine rings is 1. The van der Waals surface area contributed by atoms with Crippen molar-refractivity contribution in [2.45, 2.75) is 0 Å². The Bertz CT molecular complexity index is 2850. The first-order chi connectivity index (χ1) is 24.6. The lowest BCUT2D eigenvalue weighted by Crippen LogP contribution is -2.04. The predicted octanol–water partition coefficient (Wildman–Crippen LogP) is 10.2. The number of benzene rings is 6. The second kappa shape index (κ2) is 11.4. The van der Waals surface area contributed by atoms with Crippen LogP contribution >= 0.6 is 0 Å². The lowest BCUT2D eigenvalue weighted by molar-refractivity contribution is 1.01. The number of nitriles is 3. The number of nitrogens with zero attached hydrogens (tertiary/aromatic N) is 6. The highest BCUT2D eigenvalue weighted by Crippen LogP contribution is 2.39. The van der Waals surface area contributed by atoms with Crippen LogP contribution in [-0.2, 0) is 0 Å². The number of fused-ring (bicyclic) bond motifs is 6. The van der Waals surface area contributed by atoms with Crippen LogP contribution in [0.25, 0.3) is 77.5 Å². The maximum atomic E-state index is 9.78. The van der Waals surface area contributed by atoms with Crippen molar-refractivity contribution in [3.05, 3.63) is 162 Å². The van der Waals surface area contributed by atoms with E-state index in [2.05, 4.69) is 88.0 Å². The molecule has 9 aromatic rings. The fourth-order valence-corrected chi connectivity index (χ4v) is 7.21. The monoisotopic (exact) mass is 636 g/mol. The van der Waals surface area contributed by atoms with Crippen LogP contribution < -0.4 is 0 Å². The molecule has 0 aliphatic rings. The molecule has 0 aliphatic carbocycles. The van der Waals surface area contributed by atoms with Crippen molar-refractivity contribution < 1.29 is 0 Å². The molecule has 6 heteroatoms. The highest BCUT2D eigenvalue weighted by molar-refractivity contribution is 6.11. The van der Waals surface area contributed by atoms with Crippen LogP contribution in [0.4, 0.5) is 0 Å². The van der Waals surface area contributed by atoms with E-state index < -0.39 is 0 Å². The molecular formula is C44H24N6. The summed E-state index contributed by atoms with van der Waals surface area (Å²) in [6.45, 7) is 0. The zero-order chi connectivity index (χ0) is 33.8. The lowest BCUT2D eigenvalue weighted by atomic mass is 9.94. The zero-order valence-electron chi connectivity index (χ0n) is 26.5. The third-order valence-electron chi connectivity index (χ3n) is 9.40. The number of aromatic nitrogens is 3. The molecule has 6 aromatic carbocycles. The first-order valence-corrected chi connectivity index (χ1v) is 16.1. The van der Waals surface area contributed by atoms with Gasteiger partial charge < -0.3 is 0 Å². The highest BCUT2D eigenvalue weighted by atomic mass is 15.1. The average Bonchev–Trinajstić information content (AvgIpc) is 3.70. The molecule has 3 aromatic heterocycles. The van der Waals surface area contributed by atoms with Crippen LogP contribution in [-0.4, -0.2) is 14.1 Å². The molecule has 3 heterocycles. The van der Waals surface area contributed by atoms with E-state index in [1.54, 1.807) is 0 Å². The molecule has 0 saturated heterocycles. The van der Waals surface area contributed by atoms with Gasteiger partial charge in [-0.15, -0.1) is 0 Å². The minimum Gasteiger partial charge on any atom is -0.294 e. The van der Waals surface area contributed by atoms with Crippen molar-refractivity contribution in [3.8, 4) is 52.1 Å². The summed E-state index contributed by atoms with van der Waals surface area (Å²) >= 11 is 0. The van der Waals surface area contributed by atoms with E-state index in [1.165, 1.54) is 0 Å². The van der Waals surface area contributed by atoms with Gasteiger partial charge in [-0.1, -0.05) is 72.8 Å². The topological polar surface area (TPSA) is 94.1 Å². The van der Waals surface area contributed by atoms with Crippen molar-refractivity contribution in [1.82, 2.24) is 14.1 Å². The SMILES string of the molecule is N#Cc1cccc(-c2ccccc2-c2cc(-n3c4ccccc4c4ccccc43)nc(-n3c4ccc(C#N)cc4c4cc(C#N)ccc43)c2)c1. The van der Waals surface area contributed by atoms with Gasteiger partial charge in [-0.2, -0.15) is 15.8 Å². The highest BCUT2D eigenvalue weighted by Gasteiger charge is 2.20. The Morgan fingerprint density at radius 3 is 1.38 bits per heavy atom. The van der Waals surface area contributed by atoms with Crippen LogP contribution in [0.15, 0.2) is 146 Å². The van der Waals surface area contributed by atoms with Gasteiger partial charge in [0.25, 0.3) is 0 Å². The Balaban J connectivity index is 1.41. The molecule has 9 rings (SSSR count). The number of hydrogen-bond acceptors (Lipinski definition) is 4. The molecule has 50 heavy (non-hydrogen) atoms. The molecule has 0 radical (unpaired) electrons. The molecule has 6 nitrogen and oxygen atoms in total. The van der Waals surface area contributed by atoms with Crippen LogP contribution in [0.1, 0.15) is 16.7 Å². The standard InChI is InChI=1S/C44H24N6/c45-25-28-8-7-9-31(20-28)33-10-1-2-11-34(33)32-23-43(49-39-14-5-3-12-35(39)36-13-4-6-15-40(36)49)48-44(24-32)50-41-18-16-29(26-46)21-37(41)38-22-30(27-47)17-19-42(38)50/h1-24H. The van der Waals surface area contributed by atoms with E-state index in [0.717, 1.165) is 71.7 Å². The molecule has 0 fully saturated rings. The van der Waals surface area contributed by atoms with Gasteiger partial charge in [-0.3, -0.25) is 9.13 Å². The predicted molar refractivity (Wildman–Crippen MR) is 198 cm³/mol. The average molecular weight is 637 g/mol. The lowest BCUT2D eigenvalue weighted by Gasteiger charge is -2.16. The van der Waals surface area contributed by atoms with Gasteiger partial charge in [0.15, 0.2) is 0 Å². The Morgan fingerprint density at radius 1 is 0.380 bits per heavy atom. The van der Waals surface area contributed by atoms with Crippen LogP contribution in [0.2, 0.25) is 0 Å². The Morgan fingerprint density at radius 2 is 0.840 bits per heavy atom. The molecule has 0 unspecified atom stereocenters. The van der Waals surface area contributed by atoms with Crippen molar-refractivity contribution in [1.29, 1.82) is 15.8 Å². The van der Waals surface area contributed by atoms with Crippen molar-refractivity contribution in [2.75, 3.05) is 0 Å². The van der Waals surface area contributed by atoms with Crippen molar-refractivity contribution in [3.63, 3.8) is 0 Å². The minimum atomic E-state index is 0.542. The Hall–Kier alpha value is -7.46. The van der Waals surface area contributed by atoms with Crippen LogP contribution in [0.5, 0.6) is 0 Å². The van der Waals surface area contributed by atoms with Gasteiger partial charge in [-0.05, 0) is 95.1 Å². The molecule has 0 aliphatic heterocycles. The summed E-state index contributed by atoms with van der Waals surface area (Å²) in [6.07, 6.45) is 0. The van der Waals surface area contributed by atoms with E-state index >= 15 is 0 Å². The van der Waals surface area contributed by atoms with Gasteiger partial charge >= 0.3 is 0 Å². The van der Waals surface area contributed by atoms with Crippen molar-refractivity contribution >= 4 is 43.6 Å². The second-order valence-electron chi connectivity index (χ2n) is 12.2. The van der Waals surface area contributed by atoms with Crippen LogP contribution in [0.3, 0.4) is 0 Å². The Labute approximate surface area is 287 Å². The number of para-hydroxylation sites is 2. The molecular weight excluding hydrogens is 613 g/mol. The van der Waals surface area contributed by atoms with Gasteiger partial charge in [0.2, 0.25) is 0 Å². The van der Waals surface area contributed by atoms with Crippen molar-refractivity contribution in [2.24, 2.45) is 0 Å².